The third-order valence-electron chi connectivity index (χ3n) is 3.26. The molecule has 1 rings (SSSR count). The Morgan fingerprint density at radius 1 is 1.27 bits per heavy atom. The first-order valence-electron chi connectivity index (χ1n) is 3.89. The SMILES string of the molecule is C[C@@H]1[C@@](C)([Si](C)(C)C)S1(=O)=O. The summed E-state index contributed by atoms with van der Waals surface area (Å²) in [5.41, 5.74) is 0. The number of rotatable bonds is 1. The second kappa shape index (κ2) is 1.91. The molecule has 0 spiro atoms. The number of hydrogen-bond donors (Lipinski definition) is 0. The molecule has 0 aromatic rings. The van der Waals surface area contributed by atoms with E-state index in [0.29, 0.717) is 0 Å². The predicted molar refractivity (Wildman–Crippen MR) is 50.1 cm³/mol. The topological polar surface area (TPSA) is 34.1 Å². The van der Waals surface area contributed by atoms with Crippen molar-refractivity contribution in [1.82, 2.24) is 0 Å². The van der Waals surface area contributed by atoms with E-state index in [1.54, 1.807) is 0 Å². The second-order valence-corrected chi connectivity index (χ2v) is 13.1. The monoisotopic (exact) mass is 192 g/mol. The minimum absolute atomic E-state index is 0.0957. The maximum atomic E-state index is 11.4. The average molecular weight is 192 g/mol. The van der Waals surface area contributed by atoms with Gasteiger partial charge in [0.1, 0.15) is 0 Å². The van der Waals surface area contributed by atoms with E-state index in [9.17, 15) is 8.42 Å². The van der Waals surface area contributed by atoms with Crippen molar-refractivity contribution in [3.63, 3.8) is 0 Å². The predicted octanol–water partition coefficient (Wildman–Crippen LogP) is 1.44. The fourth-order valence-electron chi connectivity index (χ4n) is 1.65. The standard InChI is InChI=1S/C7H16O2SSi/c1-6-7(2,10(6,8)9)11(3,4)5/h6H,1-5H3/t6-,7-/m1/s1. The highest BCUT2D eigenvalue weighted by atomic mass is 32.2. The molecule has 11 heavy (non-hydrogen) atoms. The van der Waals surface area contributed by atoms with Crippen molar-refractivity contribution in [3.8, 4) is 0 Å². The zero-order valence-electron chi connectivity index (χ0n) is 7.80. The molecule has 1 fully saturated rings. The quantitative estimate of drug-likeness (QED) is 0.465. The van der Waals surface area contributed by atoms with Crippen molar-refractivity contribution in [2.45, 2.75) is 43.1 Å². The fourth-order valence-corrected chi connectivity index (χ4v) is 9.62. The highest BCUT2D eigenvalue weighted by molar-refractivity contribution is 8.03. The number of hydrogen-bond acceptors (Lipinski definition) is 2. The van der Waals surface area contributed by atoms with Crippen LogP contribution in [-0.4, -0.2) is 26.1 Å². The summed E-state index contributed by atoms with van der Waals surface area (Å²) in [5, 5.41) is -0.0957. The Morgan fingerprint density at radius 2 is 1.55 bits per heavy atom. The molecule has 4 heteroatoms. The van der Waals surface area contributed by atoms with E-state index in [4.69, 9.17) is 0 Å². The molecule has 0 aromatic heterocycles. The van der Waals surface area contributed by atoms with Crippen LogP contribution < -0.4 is 0 Å². The lowest BCUT2D eigenvalue weighted by atomic mass is 10.4. The smallest absolute Gasteiger partial charge is 0.158 e. The van der Waals surface area contributed by atoms with Crippen LogP contribution in [0.5, 0.6) is 0 Å². The van der Waals surface area contributed by atoms with Crippen LogP contribution in [0.2, 0.25) is 19.6 Å². The Bertz CT molecular complexity index is 275. The van der Waals surface area contributed by atoms with Gasteiger partial charge in [0, 0.05) is 0 Å². The molecule has 1 aliphatic rings. The van der Waals surface area contributed by atoms with Crippen LogP contribution in [0.3, 0.4) is 0 Å². The molecule has 66 valence electrons. The second-order valence-electron chi connectivity index (χ2n) is 4.54. The summed E-state index contributed by atoms with van der Waals surface area (Å²) in [4.78, 5) is 0. The van der Waals surface area contributed by atoms with Gasteiger partial charge in [-0.05, 0) is 13.8 Å². The van der Waals surface area contributed by atoms with E-state index in [1.165, 1.54) is 0 Å². The van der Waals surface area contributed by atoms with E-state index in [1.807, 2.05) is 13.8 Å². The summed E-state index contributed by atoms with van der Waals surface area (Å²) >= 11 is 0. The zero-order valence-corrected chi connectivity index (χ0v) is 9.62. The average Bonchev–Trinajstić information content (AvgIpc) is 2.14. The van der Waals surface area contributed by atoms with Crippen molar-refractivity contribution in [2.24, 2.45) is 0 Å². The molecule has 0 aliphatic carbocycles. The lowest BCUT2D eigenvalue weighted by Crippen LogP contribution is -2.41. The van der Waals surface area contributed by atoms with Crippen LogP contribution in [-0.2, 0) is 9.84 Å². The van der Waals surface area contributed by atoms with Gasteiger partial charge < -0.3 is 0 Å². The molecule has 2 nitrogen and oxygen atoms in total. The van der Waals surface area contributed by atoms with Crippen molar-refractivity contribution in [1.29, 1.82) is 0 Å². The lowest BCUT2D eigenvalue weighted by molar-refractivity contribution is 0.610. The molecule has 0 bridgehead atoms. The van der Waals surface area contributed by atoms with E-state index in [-0.39, 0.29) is 9.62 Å². The van der Waals surface area contributed by atoms with E-state index < -0.39 is 17.9 Å². The van der Waals surface area contributed by atoms with Gasteiger partial charge in [-0.3, -0.25) is 0 Å². The molecule has 1 heterocycles. The summed E-state index contributed by atoms with van der Waals surface area (Å²) in [7, 11) is -4.27. The Kier molecular flexibility index (Phi) is 1.60. The first kappa shape index (κ1) is 9.26. The first-order valence-corrected chi connectivity index (χ1v) is 8.94. The Labute approximate surface area is 69.9 Å². The molecule has 0 unspecified atom stereocenters. The van der Waals surface area contributed by atoms with Crippen LogP contribution in [0.4, 0.5) is 0 Å². The van der Waals surface area contributed by atoms with Crippen LogP contribution >= 0.6 is 0 Å². The molecule has 1 aliphatic heterocycles. The third-order valence-corrected chi connectivity index (χ3v) is 12.3. The van der Waals surface area contributed by atoms with Gasteiger partial charge in [-0.1, -0.05) is 19.6 Å². The van der Waals surface area contributed by atoms with Gasteiger partial charge in [0.2, 0.25) is 0 Å². The maximum absolute atomic E-state index is 11.4. The zero-order chi connectivity index (χ0) is 9.08. The van der Waals surface area contributed by atoms with E-state index >= 15 is 0 Å². The largest absolute Gasteiger partial charge is 0.228 e. The highest BCUT2D eigenvalue weighted by Crippen LogP contribution is 2.51. The molecule has 0 N–H and O–H groups in total. The van der Waals surface area contributed by atoms with Gasteiger partial charge in [0.05, 0.1) is 17.7 Å². The van der Waals surface area contributed by atoms with Crippen LogP contribution in [0.25, 0.3) is 0 Å². The van der Waals surface area contributed by atoms with Gasteiger partial charge >= 0.3 is 0 Å². The molecular weight excluding hydrogens is 176 g/mol. The summed E-state index contributed by atoms with van der Waals surface area (Å²) in [6.07, 6.45) is 0. The van der Waals surface area contributed by atoms with Gasteiger partial charge in [-0.25, -0.2) is 8.42 Å². The molecule has 0 radical (unpaired) electrons. The van der Waals surface area contributed by atoms with Crippen molar-refractivity contribution >= 4 is 17.9 Å². The summed E-state index contributed by atoms with van der Waals surface area (Å²) < 4.78 is 22.5. The Balaban J connectivity index is 3.12. The maximum Gasteiger partial charge on any atom is 0.158 e. The highest BCUT2D eigenvalue weighted by Gasteiger charge is 2.71. The molecule has 0 amide bonds. The van der Waals surface area contributed by atoms with Crippen LogP contribution in [0.15, 0.2) is 0 Å². The van der Waals surface area contributed by atoms with Gasteiger partial charge in [0.25, 0.3) is 0 Å². The lowest BCUT2D eigenvalue weighted by Gasteiger charge is -2.21. The fraction of sp³-hybridized carbons (Fsp3) is 1.00. The Morgan fingerprint density at radius 3 is 1.55 bits per heavy atom. The van der Waals surface area contributed by atoms with Gasteiger partial charge in [0.15, 0.2) is 9.84 Å². The third kappa shape index (κ3) is 0.855. The molecule has 0 aromatic carbocycles. The van der Waals surface area contributed by atoms with Crippen molar-refractivity contribution in [2.75, 3.05) is 0 Å². The van der Waals surface area contributed by atoms with Gasteiger partial charge in [-0.15, -0.1) is 0 Å². The first-order chi connectivity index (χ1) is 4.65. The minimum atomic E-state index is -2.73. The molecule has 2 atom stereocenters. The van der Waals surface area contributed by atoms with Crippen LogP contribution in [0.1, 0.15) is 13.8 Å². The van der Waals surface area contributed by atoms with E-state index in [0.717, 1.165) is 0 Å². The number of sulfone groups is 1. The van der Waals surface area contributed by atoms with E-state index in [2.05, 4.69) is 19.6 Å². The van der Waals surface area contributed by atoms with Crippen LogP contribution in [0, 0.1) is 0 Å². The summed E-state index contributed by atoms with van der Waals surface area (Å²) in [5.74, 6) is 0. The summed E-state index contributed by atoms with van der Waals surface area (Å²) in [6.45, 7) is 10.1. The molecular formula is C7H16O2SSi. The molecule has 0 saturated carbocycles. The molecule has 1 saturated heterocycles. The minimum Gasteiger partial charge on any atom is -0.228 e. The Hall–Kier alpha value is 0.167. The summed E-state index contributed by atoms with van der Waals surface area (Å²) in [6, 6.07) is 0. The normalized spacial score (nSPS) is 42.1. The van der Waals surface area contributed by atoms with Crippen molar-refractivity contribution in [3.05, 3.63) is 0 Å². The van der Waals surface area contributed by atoms with Crippen molar-refractivity contribution < 1.29 is 8.42 Å². The van der Waals surface area contributed by atoms with Gasteiger partial charge in [-0.2, -0.15) is 0 Å².